The average molecular weight is 332 g/mol. The van der Waals surface area contributed by atoms with E-state index in [4.69, 9.17) is 5.10 Å². The van der Waals surface area contributed by atoms with Gasteiger partial charge >= 0.3 is 0 Å². The summed E-state index contributed by atoms with van der Waals surface area (Å²) in [6.07, 6.45) is 7.94. The van der Waals surface area contributed by atoms with Gasteiger partial charge in [-0.25, -0.2) is 4.68 Å². The highest BCUT2D eigenvalue weighted by molar-refractivity contribution is 5.37. The Morgan fingerprint density at radius 2 is 1.96 bits per heavy atom. The lowest BCUT2D eigenvalue weighted by Gasteiger charge is -2.36. The van der Waals surface area contributed by atoms with Gasteiger partial charge in [0.05, 0.1) is 11.9 Å². The van der Waals surface area contributed by atoms with Crippen LogP contribution in [0.25, 0.3) is 5.69 Å². The summed E-state index contributed by atoms with van der Waals surface area (Å²) in [5.74, 6) is 0. The van der Waals surface area contributed by atoms with Gasteiger partial charge in [0.25, 0.3) is 0 Å². The van der Waals surface area contributed by atoms with Crippen molar-refractivity contribution in [2.75, 3.05) is 0 Å². The maximum Gasteiger partial charge on any atom is 0.0648 e. The number of benzene rings is 1. The average Bonchev–Trinajstić information content (AvgIpc) is 3.04. The zero-order chi connectivity index (χ0) is 17.3. The quantitative estimate of drug-likeness (QED) is 0.783. The molecule has 128 valence electrons. The van der Waals surface area contributed by atoms with Crippen molar-refractivity contribution in [3.8, 4) is 5.69 Å². The third-order valence-corrected chi connectivity index (χ3v) is 4.96. The van der Waals surface area contributed by atoms with Crippen molar-refractivity contribution in [2.45, 2.75) is 39.3 Å². The van der Waals surface area contributed by atoms with E-state index >= 15 is 0 Å². The lowest BCUT2D eigenvalue weighted by molar-refractivity contribution is 0.252. The molecule has 0 radical (unpaired) electrons. The Labute approximate surface area is 148 Å². The summed E-state index contributed by atoms with van der Waals surface area (Å²) in [5.41, 5.74) is 5.24. The number of aromatic nitrogens is 3. The smallest absolute Gasteiger partial charge is 0.0648 e. The molecule has 2 aromatic heterocycles. The molecule has 0 spiro atoms. The van der Waals surface area contributed by atoms with Crippen LogP contribution in [0, 0.1) is 5.41 Å². The van der Waals surface area contributed by atoms with Crippen LogP contribution in [0.15, 0.2) is 61.1 Å². The summed E-state index contributed by atoms with van der Waals surface area (Å²) in [4.78, 5) is 4.21. The monoisotopic (exact) mass is 332 g/mol. The van der Waals surface area contributed by atoms with E-state index in [0.29, 0.717) is 6.04 Å². The summed E-state index contributed by atoms with van der Waals surface area (Å²) in [6.45, 7) is 5.51. The molecule has 0 saturated carbocycles. The fraction of sp³-hybridized carbons (Fsp3) is 0.333. The standard InChI is InChI=1S/C21H24N4/c1-21(2)11-19(23-14-16-7-6-10-22-13-16)18-15-24-25(20(18)12-21)17-8-4-3-5-9-17/h3-10,13,15,19,23H,11-12,14H2,1-2H3. The zero-order valence-corrected chi connectivity index (χ0v) is 14.8. The van der Waals surface area contributed by atoms with Gasteiger partial charge in [-0.05, 0) is 42.0 Å². The summed E-state index contributed by atoms with van der Waals surface area (Å²) in [6, 6.07) is 14.8. The van der Waals surface area contributed by atoms with Crippen LogP contribution in [0.2, 0.25) is 0 Å². The molecule has 0 fully saturated rings. The summed E-state index contributed by atoms with van der Waals surface area (Å²) in [7, 11) is 0. The van der Waals surface area contributed by atoms with E-state index in [9.17, 15) is 0 Å². The number of hydrogen-bond donors (Lipinski definition) is 1. The zero-order valence-electron chi connectivity index (χ0n) is 14.8. The Morgan fingerprint density at radius 1 is 1.12 bits per heavy atom. The van der Waals surface area contributed by atoms with Gasteiger partial charge in [-0.15, -0.1) is 0 Å². The molecular weight excluding hydrogens is 308 g/mol. The second-order valence-corrected chi connectivity index (χ2v) is 7.63. The van der Waals surface area contributed by atoms with E-state index in [1.807, 2.05) is 30.7 Å². The Hall–Kier alpha value is -2.46. The summed E-state index contributed by atoms with van der Waals surface area (Å²) < 4.78 is 2.11. The molecule has 4 nitrogen and oxygen atoms in total. The Balaban J connectivity index is 1.64. The number of pyridine rings is 1. The van der Waals surface area contributed by atoms with Gasteiger partial charge in [0.15, 0.2) is 0 Å². The third-order valence-electron chi connectivity index (χ3n) is 4.96. The van der Waals surface area contributed by atoms with Gasteiger partial charge in [0, 0.05) is 36.2 Å². The van der Waals surface area contributed by atoms with Gasteiger partial charge < -0.3 is 5.32 Å². The molecule has 1 aromatic carbocycles. The highest BCUT2D eigenvalue weighted by Gasteiger charge is 2.34. The molecule has 4 rings (SSSR count). The van der Waals surface area contributed by atoms with E-state index in [-0.39, 0.29) is 5.41 Å². The van der Waals surface area contributed by atoms with Crippen molar-refractivity contribution in [3.05, 3.63) is 77.9 Å². The van der Waals surface area contributed by atoms with E-state index < -0.39 is 0 Å². The molecule has 0 aliphatic heterocycles. The van der Waals surface area contributed by atoms with Crippen LogP contribution in [0.1, 0.15) is 43.1 Å². The van der Waals surface area contributed by atoms with E-state index in [2.05, 4.69) is 59.2 Å². The number of hydrogen-bond acceptors (Lipinski definition) is 3. The van der Waals surface area contributed by atoms with Gasteiger partial charge in [0.1, 0.15) is 0 Å². The van der Waals surface area contributed by atoms with Crippen LogP contribution in [-0.4, -0.2) is 14.8 Å². The number of para-hydroxylation sites is 1. The number of nitrogens with zero attached hydrogens (tertiary/aromatic N) is 3. The van der Waals surface area contributed by atoms with E-state index in [1.165, 1.54) is 16.8 Å². The number of rotatable bonds is 4. The molecular formula is C21H24N4. The molecule has 1 atom stereocenters. The highest BCUT2D eigenvalue weighted by atomic mass is 15.3. The van der Waals surface area contributed by atoms with Gasteiger partial charge in [0.2, 0.25) is 0 Å². The van der Waals surface area contributed by atoms with Crippen molar-refractivity contribution in [1.82, 2.24) is 20.1 Å². The second-order valence-electron chi connectivity index (χ2n) is 7.63. The number of nitrogens with one attached hydrogen (secondary N) is 1. The lowest BCUT2D eigenvalue weighted by Crippen LogP contribution is -2.33. The van der Waals surface area contributed by atoms with Crippen molar-refractivity contribution < 1.29 is 0 Å². The molecule has 2 heterocycles. The van der Waals surface area contributed by atoms with Crippen molar-refractivity contribution >= 4 is 0 Å². The molecule has 0 bridgehead atoms. The molecule has 0 saturated heterocycles. The maximum atomic E-state index is 4.70. The Kier molecular flexibility index (Phi) is 4.14. The summed E-state index contributed by atoms with van der Waals surface area (Å²) >= 11 is 0. The first-order chi connectivity index (χ1) is 12.1. The molecule has 1 aliphatic carbocycles. The molecule has 1 unspecified atom stereocenters. The van der Waals surface area contributed by atoms with Crippen molar-refractivity contribution in [2.24, 2.45) is 5.41 Å². The van der Waals surface area contributed by atoms with E-state index in [0.717, 1.165) is 25.1 Å². The van der Waals surface area contributed by atoms with Crippen LogP contribution in [-0.2, 0) is 13.0 Å². The molecule has 1 N–H and O–H groups in total. The van der Waals surface area contributed by atoms with Crippen LogP contribution >= 0.6 is 0 Å². The minimum absolute atomic E-state index is 0.242. The predicted molar refractivity (Wildman–Crippen MR) is 99.5 cm³/mol. The minimum atomic E-state index is 0.242. The first-order valence-corrected chi connectivity index (χ1v) is 8.87. The Bertz CT molecular complexity index is 837. The minimum Gasteiger partial charge on any atom is -0.306 e. The normalized spacial score (nSPS) is 18.7. The first kappa shape index (κ1) is 16.0. The fourth-order valence-corrected chi connectivity index (χ4v) is 3.76. The highest BCUT2D eigenvalue weighted by Crippen LogP contribution is 2.41. The number of fused-ring (bicyclic) bond motifs is 1. The predicted octanol–water partition coefficient (Wildman–Crippen LogP) is 4.07. The largest absolute Gasteiger partial charge is 0.306 e. The van der Waals surface area contributed by atoms with E-state index in [1.54, 1.807) is 0 Å². The lowest BCUT2D eigenvalue weighted by atomic mass is 9.74. The summed E-state index contributed by atoms with van der Waals surface area (Å²) in [5, 5.41) is 8.42. The molecule has 0 amide bonds. The SMILES string of the molecule is CC1(C)Cc2c(cnn2-c2ccccc2)C(NCc2cccnc2)C1. The molecule has 4 heteroatoms. The maximum absolute atomic E-state index is 4.70. The van der Waals surface area contributed by atoms with Crippen LogP contribution < -0.4 is 5.32 Å². The Morgan fingerprint density at radius 3 is 2.72 bits per heavy atom. The molecule has 25 heavy (non-hydrogen) atoms. The van der Waals surface area contributed by atoms with Crippen LogP contribution in [0.5, 0.6) is 0 Å². The topological polar surface area (TPSA) is 42.7 Å². The molecule has 3 aromatic rings. The third kappa shape index (κ3) is 3.35. The van der Waals surface area contributed by atoms with Crippen molar-refractivity contribution in [3.63, 3.8) is 0 Å². The molecule has 1 aliphatic rings. The van der Waals surface area contributed by atoms with Crippen molar-refractivity contribution in [1.29, 1.82) is 0 Å². The van der Waals surface area contributed by atoms with Gasteiger partial charge in [-0.3, -0.25) is 4.98 Å². The van der Waals surface area contributed by atoms with Gasteiger partial charge in [-0.2, -0.15) is 5.10 Å². The first-order valence-electron chi connectivity index (χ1n) is 8.87. The second kappa shape index (κ2) is 6.45. The fourth-order valence-electron chi connectivity index (χ4n) is 3.76. The van der Waals surface area contributed by atoms with Gasteiger partial charge in [-0.1, -0.05) is 38.1 Å². The van der Waals surface area contributed by atoms with Crippen LogP contribution in [0.3, 0.4) is 0 Å². The van der Waals surface area contributed by atoms with Crippen LogP contribution in [0.4, 0.5) is 0 Å².